The van der Waals surface area contributed by atoms with Gasteiger partial charge in [0.25, 0.3) is 5.69 Å². The lowest BCUT2D eigenvalue weighted by atomic mass is 9.76. The zero-order valence-corrected chi connectivity index (χ0v) is 20.7. The lowest BCUT2D eigenvalue weighted by molar-refractivity contribution is -0.385. The molecule has 0 aromatic heterocycles. The number of fused-ring (bicyclic) bond motifs is 3. The molecule has 3 aromatic carbocycles. The molecule has 0 spiro atoms. The average molecular weight is 542 g/mol. The van der Waals surface area contributed by atoms with Crippen LogP contribution in [0.15, 0.2) is 71.2 Å². The van der Waals surface area contributed by atoms with E-state index < -0.39 is 0 Å². The number of anilines is 1. The first-order chi connectivity index (χ1) is 16.5. The van der Waals surface area contributed by atoms with E-state index in [0.717, 1.165) is 22.0 Å². The molecule has 0 unspecified atom stereocenters. The van der Waals surface area contributed by atoms with Crippen LogP contribution in [0, 0.1) is 16.0 Å². The second-order valence-corrected chi connectivity index (χ2v) is 9.66. The average Bonchev–Trinajstić information content (AvgIpc) is 3.33. The summed E-state index contributed by atoms with van der Waals surface area (Å²) in [5.74, 6) is 1.25. The van der Waals surface area contributed by atoms with Crippen molar-refractivity contribution < 1.29 is 14.4 Å². The predicted molar refractivity (Wildman–Crippen MR) is 136 cm³/mol. The number of allylic oxidation sites excluding steroid dienone is 2. The van der Waals surface area contributed by atoms with Gasteiger partial charge in [-0.3, -0.25) is 10.1 Å². The molecule has 0 radical (unpaired) electrons. The molecule has 1 N–H and O–H groups in total. The second-order valence-electron chi connectivity index (χ2n) is 8.40. The predicted octanol–water partition coefficient (Wildman–Crippen LogP) is 7.42. The summed E-state index contributed by atoms with van der Waals surface area (Å²) in [6.07, 6.45) is 4.95. The molecule has 34 heavy (non-hydrogen) atoms. The van der Waals surface area contributed by atoms with Crippen LogP contribution in [-0.2, 0) is 6.61 Å². The minimum Gasteiger partial charge on any atom is -0.493 e. The fraction of sp³-hybridized carbons (Fsp3) is 0.231. The Kier molecular flexibility index (Phi) is 6.23. The molecule has 0 amide bonds. The molecule has 0 saturated heterocycles. The van der Waals surface area contributed by atoms with Gasteiger partial charge in [-0.1, -0.05) is 54.1 Å². The first kappa shape index (κ1) is 22.7. The largest absolute Gasteiger partial charge is 0.493 e. The molecule has 2 aliphatic rings. The van der Waals surface area contributed by atoms with Gasteiger partial charge in [0.1, 0.15) is 6.61 Å². The van der Waals surface area contributed by atoms with Crippen molar-refractivity contribution in [3.63, 3.8) is 0 Å². The van der Waals surface area contributed by atoms with Crippen molar-refractivity contribution in [3.8, 4) is 11.5 Å². The van der Waals surface area contributed by atoms with Gasteiger partial charge in [-0.25, -0.2) is 0 Å². The third-order valence-electron chi connectivity index (χ3n) is 6.48. The standard InChI is InChI=1S/C26H22BrClN2O4/c1-33-22-13-16(12-19(27)26(22)34-14-15-6-3-2-4-7-15)24-18-9-5-8-17(18)23-21(30(31)32)11-10-20(28)25(23)29-24/h2-8,10-13,17-18,24,29H,9,14H2,1H3/t17-,18+,24+/m1/s1. The number of hydrogen-bond acceptors (Lipinski definition) is 5. The Labute approximate surface area is 210 Å². The molecule has 3 aromatic rings. The smallest absolute Gasteiger partial charge is 0.275 e. The van der Waals surface area contributed by atoms with Gasteiger partial charge >= 0.3 is 0 Å². The molecular weight excluding hydrogens is 520 g/mol. The number of nitrogens with one attached hydrogen (secondary N) is 1. The van der Waals surface area contributed by atoms with Crippen molar-refractivity contribution in [2.24, 2.45) is 5.92 Å². The third kappa shape index (κ3) is 4.03. The highest BCUT2D eigenvalue weighted by molar-refractivity contribution is 9.10. The molecule has 0 bridgehead atoms. The van der Waals surface area contributed by atoms with Crippen molar-refractivity contribution in [2.75, 3.05) is 12.4 Å². The number of nitrogens with zero attached hydrogens (tertiary/aromatic N) is 1. The van der Waals surface area contributed by atoms with E-state index in [0.29, 0.717) is 34.4 Å². The Morgan fingerprint density at radius 3 is 2.74 bits per heavy atom. The topological polar surface area (TPSA) is 73.6 Å². The van der Waals surface area contributed by atoms with Crippen LogP contribution in [-0.4, -0.2) is 12.0 Å². The summed E-state index contributed by atoms with van der Waals surface area (Å²) in [5, 5.41) is 15.7. The van der Waals surface area contributed by atoms with Gasteiger partial charge in [0.15, 0.2) is 11.5 Å². The number of methoxy groups -OCH3 is 1. The van der Waals surface area contributed by atoms with Crippen molar-refractivity contribution in [3.05, 3.63) is 103 Å². The highest BCUT2D eigenvalue weighted by Crippen LogP contribution is 2.55. The summed E-state index contributed by atoms with van der Waals surface area (Å²) >= 11 is 10.2. The van der Waals surface area contributed by atoms with Gasteiger partial charge in [0, 0.05) is 12.0 Å². The molecule has 0 saturated carbocycles. The number of halogens is 2. The molecule has 8 heteroatoms. The van der Waals surface area contributed by atoms with Crippen LogP contribution in [0.1, 0.15) is 35.1 Å². The Balaban J connectivity index is 1.51. The number of nitro benzene ring substituents is 1. The van der Waals surface area contributed by atoms with E-state index in [-0.39, 0.29) is 28.5 Å². The van der Waals surface area contributed by atoms with E-state index in [2.05, 4.69) is 33.4 Å². The molecule has 1 aliphatic heterocycles. The highest BCUT2D eigenvalue weighted by atomic mass is 79.9. The van der Waals surface area contributed by atoms with Crippen LogP contribution in [0.5, 0.6) is 11.5 Å². The van der Waals surface area contributed by atoms with Crippen LogP contribution in [0.4, 0.5) is 11.4 Å². The lowest BCUT2D eigenvalue weighted by Gasteiger charge is -2.37. The second kappa shape index (κ2) is 9.31. The van der Waals surface area contributed by atoms with Crippen molar-refractivity contribution in [2.45, 2.75) is 25.0 Å². The van der Waals surface area contributed by atoms with Crippen LogP contribution >= 0.6 is 27.5 Å². The van der Waals surface area contributed by atoms with Gasteiger partial charge in [0.2, 0.25) is 0 Å². The minimum atomic E-state index is -0.334. The fourth-order valence-electron chi connectivity index (χ4n) is 4.93. The summed E-state index contributed by atoms with van der Waals surface area (Å²) in [6, 6.07) is 16.9. The SMILES string of the molecule is COc1cc([C@@H]2Nc3c(Cl)ccc([N+](=O)[O-])c3[C@@H]3C=CC[C@@H]32)cc(Br)c1OCc1ccccc1. The molecule has 1 aliphatic carbocycles. The highest BCUT2D eigenvalue weighted by Gasteiger charge is 2.42. The Bertz CT molecular complexity index is 1280. The first-order valence-corrected chi connectivity index (χ1v) is 12.1. The van der Waals surface area contributed by atoms with E-state index in [9.17, 15) is 10.1 Å². The van der Waals surface area contributed by atoms with E-state index in [1.807, 2.05) is 42.5 Å². The minimum absolute atomic E-state index is 0.0929. The summed E-state index contributed by atoms with van der Waals surface area (Å²) < 4.78 is 12.6. The van der Waals surface area contributed by atoms with E-state index in [1.165, 1.54) is 6.07 Å². The maximum Gasteiger partial charge on any atom is 0.275 e. The van der Waals surface area contributed by atoms with Gasteiger partial charge in [-0.05, 0) is 57.6 Å². The van der Waals surface area contributed by atoms with Crippen LogP contribution in [0.3, 0.4) is 0 Å². The monoisotopic (exact) mass is 540 g/mol. The van der Waals surface area contributed by atoms with E-state index in [4.69, 9.17) is 21.1 Å². The fourth-order valence-corrected chi connectivity index (χ4v) is 5.73. The molecule has 6 nitrogen and oxygen atoms in total. The Morgan fingerprint density at radius 1 is 1.21 bits per heavy atom. The molecule has 3 atom stereocenters. The van der Waals surface area contributed by atoms with Gasteiger partial charge < -0.3 is 14.8 Å². The molecule has 5 rings (SSSR count). The number of ether oxygens (including phenoxy) is 2. The number of hydrogen-bond donors (Lipinski definition) is 1. The van der Waals surface area contributed by atoms with Gasteiger partial charge in [-0.15, -0.1) is 0 Å². The number of rotatable bonds is 6. The summed E-state index contributed by atoms with van der Waals surface area (Å²) in [4.78, 5) is 11.4. The number of benzene rings is 3. The molecule has 0 fully saturated rings. The quantitative estimate of drug-likeness (QED) is 0.200. The maximum absolute atomic E-state index is 11.7. The van der Waals surface area contributed by atoms with Gasteiger partial charge in [-0.2, -0.15) is 0 Å². The van der Waals surface area contributed by atoms with E-state index in [1.54, 1.807) is 13.2 Å². The summed E-state index contributed by atoms with van der Waals surface area (Å²) in [7, 11) is 1.62. The van der Waals surface area contributed by atoms with Crippen LogP contribution in [0.25, 0.3) is 0 Å². The number of nitro groups is 1. The first-order valence-electron chi connectivity index (χ1n) is 10.9. The summed E-state index contributed by atoms with van der Waals surface area (Å²) in [6.45, 7) is 0.415. The summed E-state index contributed by atoms with van der Waals surface area (Å²) in [5.41, 5.74) is 3.41. The van der Waals surface area contributed by atoms with Crippen molar-refractivity contribution in [1.82, 2.24) is 0 Å². The molecule has 174 valence electrons. The van der Waals surface area contributed by atoms with Crippen LogP contribution in [0.2, 0.25) is 5.02 Å². The van der Waals surface area contributed by atoms with Crippen LogP contribution < -0.4 is 14.8 Å². The maximum atomic E-state index is 11.7. The van der Waals surface area contributed by atoms with Crippen molar-refractivity contribution >= 4 is 38.9 Å². The Hall–Kier alpha value is -3.03. The Morgan fingerprint density at radius 2 is 2.00 bits per heavy atom. The third-order valence-corrected chi connectivity index (χ3v) is 7.38. The van der Waals surface area contributed by atoms with E-state index >= 15 is 0 Å². The zero-order valence-electron chi connectivity index (χ0n) is 18.3. The van der Waals surface area contributed by atoms with Gasteiger partial charge in [0.05, 0.1) is 38.8 Å². The normalized spacial score (nSPS) is 20.3. The zero-order chi connectivity index (χ0) is 23.8. The van der Waals surface area contributed by atoms with Crippen molar-refractivity contribution in [1.29, 1.82) is 0 Å². The molecular formula is C26H22BrClN2O4. The lowest BCUT2D eigenvalue weighted by Crippen LogP contribution is -2.30. The molecule has 1 heterocycles.